The van der Waals surface area contributed by atoms with Crippen LogP contribution in [0.4, 0.5) is 24.8 Å². The molecule has 0 spiro atoms. The first-order valence-corrected chi connectivity index (χ1v) is 16.0. The zero-order valence-electron chi connectivity index (χ0n) is 23.7. The van der Waals surface area contributed by atoms with Crippen LogP contribution in [0.25, 0.3) is 0 Å². The van der Waals surface area contributed by atoms with Gasteiger partial charge in [-0.25, -0.2) is 9.97 Å². The average Bonchev–Trinajstić information content (AvgIpc) is 3.46. The number of hydrogen-bond donors (Lipinski definition) is 3. The Morgan fingerprint density at radius 1 is 1.00 bits per heavy atom. The largest absolute Gasteiger partial charge is 0.451 e. The monoisotopic (exact) mass is 626 g/mol. The predicted molar refractivity (Wildman–Crippen MR) is 154 cm³/mol. The number of nitrogens with zero attached hydrogens (tertiary/aromatic N) is 4. The van der Waals surface area contributed by atoms with E-state index in [1.165, 1.54) is 6.07 Å². The van der Waals surface area contributed by atoms with Crippen LogP contribution in [0.2, 0.25) is 0 Å². The van der Waals surface area contributed by atoms with Gasteiger partial charge in [-0.05, 0) is 56.4 Å². The summed E-state index contributed by atoms with van der Waals surface area (Å²) >= 11 is 0. The summed E-state index contributed by atoms with van der Waals surface area (Å²) in [7, 11) is -4.28. The molecule has 11 nitrogen and oxygen atoms in total. The number of aromatic nitrogens is 2. The van der Waals surface area contributed by atoms with Crippen molar-refractivity contribution in [2.75, 3.05) is 41.9 Å². The van der Waals surface area contributed by atoms with Gasteiger partial charge in [0, 0.05) is 38.7 Å². The number of hydrogen-bond acceptors (Lipinski definition) is 8. The molecule has 1 unspecified atom stereocenters. The fourth-order valence-corrected chi connectivity index (χ4v) is 5.87. The summed E-state index contributed by atoms with van der Waals surface area (Å²) in [4.78, 5) is 35.9. The third-order valence-corrected chi connectivity index (χ3v) is 8.27. The molecule has 2 aliphatic heterocycles. The third kappa shape index (κ3) is 9.78. The van der Waals surface area contributed by atoms with Crippen molar-refractivity contribution in [3.63, 3.8) is 0 Å². The Kier molecular flexibility index (Phi) is 10.8. The minimum Gasteiger partial charge on any atom is -0.356 e. The normalized spacial score (nSPS) is 18.1. The molecular weight excluding hydrogens is 589 g/mol. The molecule has 3 heterocycles. The molecule has 0 bridgehead atoms. The maximum Gasteiger partial charge on any atom is 0.451 e. The SMILES string of the molecule is O=C(CCCC1CCN(c2cc(N3CCCC3C(=O)NCCc3ccccc3)nc(C(F)(F)F)n2)CC1)NCS(=O)(=O)O. The molecule has 2 saturated heterocycles. The van der Waals surface area contributed by atoms with E-state index in [2.05, 4.69) is 20.6 Å². The van der Waals surface area contributed by atoms with E-state index < -0.39 is 39.9 Å². The molecule has 2 fully saturated rings. The number of piperidine rings is 1. The van der Waals surface area contributed by atoms with E-state index in [4.69, 9.17) is 4.55 Å². The lowest BCUT2D eigenvalue weighted by molar-refractivity contribution is -0.144. The smallest absolute Gasteiger partial charge is 0.356 e. The van der Waals surface area contributed by atoms with Crippen LogP contribution < -0.4 is 20.4 Å². The molecule has 0 saturated carbocycles. The summed E-state index contributed by atoms with van der Waals surface area (Å²) in [5, 5.41) is 5.06. The van der Waals surface area contributed by atoms with E-state index in [-0.39, 0.29) is 29.9 Å². The first-order chi connectivity index (χ1) is 20.4. The number of alkyl halides is 3. The number of rotatable bonds is 12. The molecule has 1 aromatic heterocycles. The van der Waals surface area contributed by atoms with Crippen LogP contribution >= 0.6 is 0 Å². The van der Waals surface area contributed by atoms with Gasteiger partial charge in [-0.1, -0.05) is 30.3 Å². The van der Waals surface area contributed by atoms with Gasteiger partial charge < -0.3 is 20.4 Å². The van der Waals surface area contributed by atoms with Crippen molar-refractivity contribution in [3.05, 3.63) is 47.8 Å². The first kappa shape index (κ1) is 32.5. The summed E-state index contributed by atoms with van der Waals surface area (Å²) in [5.74, 6) is -2.30. The Morgan fingerprint density at radius 3 is 2.37 bits per heavy atom. The molecule has 1 aromatic carbocycles. The van der Waals surface area contributed by atoms with Crippen LogP contribution in [0.15, 0.2) is 36.4 Å². The molecule has 2 aromatic rings. The van der Waals surface area contributed by atoms with E-state index >= 15 is 0 Å². The van der Waals surface area contributed by atoms with Gasteiger partial charge in [-0.15, -0.1) is 0 Å². The lowest BCUT2D eigenvalue weighted by atomic mass is 9.91. The van der Waals surface area contributed by atoms with Crippen molar-refractivity contribution < 1.29 is 35.7 Å². The molecule has 2 aliphatic rings. The fourth-order valence-electron chi connectivity index (χ4n) is 5.53. The van der Waals surface area contributed by atoms with Gasteiger partial charge in [0.25, 0.3) is 10.1 Å². The Labute approximate surface area is 249 Å². The Bertz CT molecular complexity index is 1350. The van der Waals surface area contributed by atoms with E-state index in [9.17, 15) is 31.2 Å². The number of amides is 2. The van der Waals surface area contributed by atoms with Crippen LogP contribution in [0.1, 0.15) is 56.3 Å². The maximum absolute atomic E-state index is 13.9. The van der Waals surface area contributed by atoms with E-state index in [0.29, 0.717) is 71.1 Å². The molecule has 236 valence electrons. The molecule has 2 amide bonds. The maximum atomic E-state index is 13.9. The van der Waals surface area contributed by atoms with Gasteiger partial charge in [-0.2, -0.15) is 21.6 Å². The summed E-state index contributed by atoms with van der Waals surface area (Å²) in [6.07, 6.45) is -0.261. The molecule has 43 heavy (non-hydrogen) atoms. The van der Waals surface area contributed by atoms with Crippen LogP contribution in [0.5, 0.6) is 0 Å². The van der Waals surface area contributed by atoms with Crippen LogP contribution in [-0.4, -0.2) is 72.9 Å². The van der Waals surface area contributed by atoms with Crippen molar-refractivity contribution in [3.8, 4) is 0 Å². The quantitative estimate of drug-likeness (QED) is 0.303. The fraction of sp³-hybridized carbons (Fsp3) is 0.571. The standard InChI is InChI=1S/C28H37F3N6O5S/c29-28(30,31)27-34-23(36-16-12-21(13-17-36)8-4-10-25(38)33-19-43(40,41)42)18-24(35-27)37-15-5-9-22(37)26(39)32-14-11-20-6-2-1-3-7-20/h1-3,6-7,18,21-22H,4-5,8-17,19H2,(H,32,39)(H,33,38)(H,40,41,42). The van der Waals surface area contributed by atoms with Gasteiger partial charge in [0.2, 0.25) is 17.6 Å². The lowest BCUT2D eigenvalue weighted by Gasteiger charge is -2.34. The predicted octanol–water partition coefficient (Wildman–Crippen LogP) is 3.17. The number of carbonyl (C=O) groups excluding carboxylic acids is 2. The Morgan fingerprint density at radius 2 is 1.70 bits per heavy atom. The third-order valence-electron chi connectivity index (χ3n) is 7.76. The lowest BCUT2D eigenvalue weighted by Crippen LogP contribution is -2.44. The molecule has 0 aliphatic carbocycles. The van der Waals surface area contributed by atoms with Gasteiger partial charge in [0.1, 0.15) is 23.6 Å². The highest BCUT2D eigenvalue weighted by atomic mass is 32.2. The van der Waals surface area contributed by atoms with Gasteiger partial charge >= 0.3 is 6.18 Å². The number of benzene rings is 1. The number of halogens is 3. The van der Waals surface area contributed by atoms with E-state index in [1.807, 2.05) is 30.3 Å². The summed E-state index contributed by atoms with van der Waals surface area (Å²) in [5.41, 5.74) is 1.08. The van der Waals surface area contributed by atoms with Crippen LogP contribution in [-0.2, 0) is 32.3 Å². The zero-order valence-corrected chi connectivity index (χ0v) is 24.5. The van der Waals surface area contributed by atoms with Crippen molar-refractivity contribution in [1.29, 1.82) is 0 Å². The number of anilines is 2. The van der Waals surface area contributed by atoms with Gasteiger partial charge in [0.15, 0.2) is 0 Å². The Hall–Kier alpha value is -3.46. The second kappa shape index (κ2) is 14.3. The van der Waals surface area contributed by atoms with Crippen LogP contribution in [0, 0.1) is 5.92 Å². The highest BCUT2D eigenvalue weighted by molar-refractivity contribution is 7.85. The Balaban J connectivity index is 1.36. The molecule has 3 N–H and O–H groups in total. The van der Waals surface area contributed by atoms with Crippen molar-refractivity contribution in [2.45, 2.75) is 63.6 Å². The molecular formula is C28H37F3N6O5S. The summed E-state index contributed by atoms with van der Waals surface area (Å²) < 4.78 is 71.8. The first-order valence-electron chi connectivity index (χ1n) is 14.4. The van der Waals surface area contributed by atoms with Crippen molar-refractivity contribution in [1.82, 2.24) is 20.6 Å². The molecule has 1 atom stereocenters. The topological polar surface area (TPSA) is 145 Å². The number of carbonyl (C=O) groups is 2. The molecule has 15 heteroatoms. The van der Waals surface area contributed by atoms with Crippen molar-refractivity contribution >= 4 is 33.6 Å². The zero-order chi connectivity index (χ0) is 31.0. The average molecular weight is 627 g/mol. The minimum absolute atomic E-state index is 0.0797. The highest BCUT2D eigenvalue weighted by Crippen LogP contribution is 2.34. The summed E-state index contributed by atoms with van der Waals surface area (Å²) in [6, 6.07) is 10.6. The van der Waals surface area contributed by atoms with Crippen molar-refractivity contribution in [2.24, 2.45) is 5.92 Å². The molecule has 4 rings (SSSR count). The molecule has 0 radical (unpaired) electrons. The van der Waals surface area contributed by atoms with Gasteiger partial charge in [-0.3, -0.25) is 14.1 Å². The minimum atomic E-state index is -4.76. The second-order valence-electron chi connectivity index (χ2n) is 10.9. The van der Waals surface area contributed by atoms with E-state index in [0.717, 1.165) is 5.56 Å². The number of nitrogens with one attached hydrogen (secondary N) is 2. The second-order valence-corrected chi connectivity index (χ2v) is 12.4. The summed E-state index contributed by atoms with van der Waals surface area (Å²) in [6.45, 7) is 1.76. The van der Waals surface area contributed by atoms with E-state index in [1.54, 1.807) is 9.80 Å². The van der Waals surface area contributed by atoms with Gasteiger partial charge in [0.05, 0.1) is 0 Å². The highest BCUT2D eigenvalue weighted by Gasteiger charge is 2.39. The van der Waals surface area contributed by atoms with Crippen LogP contribution in [0.3, 0.4) is 0 Å².